The molecule has 0 saturated carbocycles. The number of hydrogen-bond donors (Lipinski definition) is 0. The zero-order valence-corrected chi connectivity index (χ0v) is 19.1. The van der Waals surface area contributed by atoms with Crippen LogP contribution in [0.5, 0.6) is 0 Å². The fourth-order valence-electron chi connectivity index (χ4n) is 3.94. The molecule has 0 aliphatic carbocycles. The van der Waals surface area contributed by atoms with Crippen LogP contribution in [0.4, 0.5) is 0 Å². The minimum absolute atomic E-state index is 0.0120. The summed E-state index contributed by atoms with van der Waals surface area (Å²) in [6.07, 6.45) is 0. The first-order valence-electron chi connectivity index (χ1n) is 10.3. The predicted molar refractivity (Wildman–Crippen MR) is 125 cm³/mol. The maximum Gasteiger partial charge on any atom is 0.191 e. The Balaban J connectivity index is 1.68. The fraction of sp³-hybridized carbons (Fsp3) is 0.240. The monoisotopic (exact) mass is 430 g/mol. The molecule has 0 saturated heterocycles. The normalized spacial score (nSPS) is 11.3. The van der Waals surface area contributed by atoms with Gasteiger partial charge in [0.05, 0.1) is 11.8 Å². The molecular weight excluding hydrogens is 404 g/mol. The molecule has 2 heterocycles. The number of aromatic nitrogens is 4. The SMILES string of the molecule is Cc1nnc(SCC(=O)c2cc(C)n(C(c3ccccc3)c3ccccc3)c2C)n1C. The van der Waals surface area contributed by atoms with Crippen molar-refractivity contribution in [3.05, 3.63) is 101 Å². The van der Waals surface area contributed by atoms with Crippen molar-refractivity contribution in [3.63, 3.8) is 0 Å². The summed E-state index contributed by atoms with van der Waals surface area (Å²) in [7, 11) is 1.92. The summed E-state index contributed by atoms with van der Waals surface area (Å²) in [5.74, 6) is 1.27. The van der Waals surface area contributed by atoms with E-state index in [4.69, 9.17) is 0 Å². The second kappa shape index (κ2) is 8.94. The molecule has 0 aliphatic heterocycles. The molecule has 0 fully saturated rings. The van der Waals surface area contributed by atoms with Crippen LogP contribution in [0.2, 0.25) is 0 Å². The number of aryl methyl sites for hydroxylation is 2. The van der Waals surface area contributed by atoms with Crippen molar-refractivity contribution >= 4 is 17.5 Å². The lowest BCUT2D eigenvalue weighted by molar-refractivity contribution is 0.102. The van der Waals surface area contributed by atoms with E-state index in [9.17, 15) is 4.79 Å². The van der Waals surface area contributed by atoms with Gasteiger partial charge in [-0.3, -0.25) is 4.79 Å². The van der Waals surface area contributed by atoms with Crippen molar-refractivity contribution in [3.8, 4) is 0 Å². The van der Waals surface area contributed by atoms with E-state index in [0.29, 0.717) is 5.75 Å². The van der Waals surface area contributed by atoms with Crippen LogP contribution in [0.25, 0.3) is 0 Å². The van der Waals surface area contributed by atoms with E-state index in [0.717, 1.165) is 27.9 Å². The van der Waals surface area contributed by atoms with Gasteiger partial charge in [0.15, 0.2) is 10.9 Å². The molecule has 0 atom stereocenters. The largest absolute Gasteiger partial charge is 0.337 e. The van der Waals surface area contributed by atoms with E-state index >= 15 is 0 Å². The highest BCUT2D eigenvalue weighted by Gasteiger charge is 2.24. The molecule has 0 spiro atoms. The summed E-state index contributed by atoms with van der Waals surface area (Å²) in [5, 5.41) is 8.98. The fourth-order valence-corrected chi connectivity index (χ4v) is 4.78. The first-order chi connectivity index (χ1) is 15.0. The number of benzene rings is 2. The average molecular weight is 431 g/mol. The molecule has 0 amide bonds. The standard InChI is InChI=1S/C25H26N4OS/c1-17-15-22(23(30)16-31-25-27-26-19(3)28(25)4)18(2)29(17)24(20-11-7-5-8-12-20)21-13-9-6-10-14-21/h5-15,24H,16H2,1-4H3. The minimum Gasteiger partial charge on any atom is -0.337 e. The highest BCUT2D eigenvalue weighted by molar-refractivity contribution is 7.99. The Morgan fingerprint density at radius 1 is 0.935 bits per heavy atom. The third-order valence-electron chi connectivity index (χ3n) is 5.66. The molecule has 2 aromatic heterocycles. The van der Waals surface area contributed by atoms with Crippen LogP contribution in [-0.4, -0.2) is 30.9 Å². The molecule has 0 unspecified atom stereocenters. The molecular formula is C25H26N4OS. The van der Waals surface area contributed by atoms with E-state index < -0.39 is 0 Å². The van der Waals surface area contributed by atoms with Crippen LogP contribution >= 0.6 is 11.8 Å². The predicted octanol–water partition coefficient (Wildman–Crippen LogP) is 5.15. The summed E-state index contributed by atoms with van der Waals surface area (Å²) in [5.41, 5.74) is 5.20. The van der Waals surface area contributed by atoms with E-state index in [1.54, 1.807) is 0 Å². The molecule has 31 heavy (non-hydrogen) atoms. The van der Waals surface area contributed by atoms with Gasteiger partial charge in [0, 0.05) is 24.0 Å². The van der Waals surface area contributed by atoms with Gasteiger partial charge >= 0.3 is 0 Å². The molecule has 0 aliphatic rings. The van der Waals surface area contributed by atoms with Gasteiger partial charge in [-0.25, -0.2) is 0 Å². The maximum atomic E-state index is 13.1. The second-order valence-electron chi connectivity index (χ2n) is 7.68. The van der Waals surface area contributed by atoms with E-state index in [2.05, 4.69) is 70.2 Å². The van der Waals surface area contributed by atoms with Gasteiger partial charge in [-0.15, -0.1) is 10.2 Å². The third-order valence-corrected chi connectivity index (χ3v) is 6.68. The molecule has 6 heteroatoms. The van der Waals surface area contributed by atoms with E-state index in [-0.39, 0.29) is 11.8 Å². The van der Waals surface area contributed by atoms with E-state index in [1.807, 2.05) is 43.7 Å². The molecule has 0 N–H and O–H groups in total. The van der Waals surface area contributed by atoms with Crippen molar-refractivity contribution in [1.82, 2.24) is 19.3 Å². The summed E-state index contributed by atoms with van der Waals surface area (Å²) in [4.78, 5) is 13.1. The van der Waals surface area contributed by atoms with Crippen molar-refractivity contribution in [2.75, 3.05) is 5.75 Å². The zero-order valence-electron chi connectivity index (χ0n) is 18.2. The van der Waals surface area contributed by atoms with Crippen molar-refractivity contribution < 1.29 is 4.79 Å². The molecule has 158 valence electrons. The summed E-state index contributed by atoms with van der Waals surface area (Å²) >= 11 is 1.43. The summed E-state index contributed by atoms with van der Waals surface area (Å²) in [6, 6.07) is 22.9. The van der Waals surface area contributed by atoms with Gasteiger partial charge in [0.2, 0.25) is 0 Å². The topological polar surface area (TPSA) is 52.7 Å². The smallest absolute Gasteiger partial charge is 0.191 e. The number of ketones is 1. The number of rotatable bonds is 7. The van der Waals surface area contributed by atoms with Crippen molar-refractivity contribution in [1.29, 1.82) is 0 Å². The Kier molecular flexibility index (Phi) is 6.09. The minimum atomic E-state index is 0.0120. The highest BCUT2D eigenvalue weighted by atomic mass is 32.2. The lowest BCUT2D eigenvalue weighted by Gasteiger charge is -2.24. The molecule has 0 bridgehead atoms. The van der Waals surface area contributed by atoms with Gasteiger partial charge in [-0.05, 0) is 38.0 Å². The quantitative estimate of drug-likeness (QED) is 0.300. The van der Waals surface area contributed by atoms with Gasteiger partial charge in [-0.1, -0.05) is 72.4 Å². The van der Waals surface area contributed by atoms with Crippen LogP contribution in [-0.2, 0) is 7.05 Å². The molecule has 0 radical (unpaired) electrons. The number of nitrogens with zero attached hydrogens (tertiary/aromatic N) is 4. The van der Waals surface area contributed by atoms with Crippen LogP contribution in [0.3, 0.4) is 0 Å². The maximum absolute atomic E-state index is 13.1. The lowest BCUT2D eigenvalue weighted by atomic mass is 9.98. The summed E-state index contributed by atoms with van der Waals surface area (Å²) in [6.45, 7) is 6.01. The van der Waals surface area contributed by atoms with Gasteiger partial charge < -0.3 is 9.13 Å². The number of carbonyl (C=O) groups is 1. The lowest BCUT2D eigenvalue weighted by Crippen LogP contribution is -2.16. The number of thioether (sulfide) groups is 1. The first-order valence-corrected chi connectivity index (χ1v) is 11.3. The third kappa shape index (κ3) is 4.21. The molecule has 4 rings (SSSR count). The zero-order chi connectivity index (χ0) is 22.0. The van der Waals surface area contributed by atoms with Crippen molar-refractivity contribution in [2.24, 2.45) is 7.05 Å². The Labute approximate surface area is 187 Å². The van der Waals surface area contributed by atoms with Gasteiger partial charge in [-0.2, -0.15) is 0 Å². The molecule has 2 aromatic carbocycles. The van der Waals surface area contributed by atoms with Crippen LogP contribution in [0.1, 0.15) is 44.7 Å². The number of Topliss-reactive ketones (excluding diaryl/α,β-unsaturated/α-hetero) is 1. The Morgan fingerprint density at radius 2 is 1.52 bits per heavy atom. The Morgan fingerprint density at radius 3 is 2.03 bits per heavy atom. The van der Waals surface area contributed by atoms with Crippen LogP contribution < -0.4 is 0 Å². The number of hydrogen-bond acceptors (Lipinski definition) is 4. The van der Waals surface area contributed by atoms with Crippen molar-refractivity contribution in [2.45, 2.75) is 32.0 Å². The Hall–Kier alpha value is -3.12. The molecule has 4 aromatic rings. The van der Waals surface area contributed by atoms with Gasteiger partial charge in [0.1, 0.15) is 5.82 Å². The first kappa shape index (κ1) is 21.1. The highest BCUT2D eigenvalue weighted by Crippen LogP contribution is 2.32. The van der Waals surface area contributed by atoms with Crippen LogP contribution in [0.15, 0.2) is 71.9 Å². The average Bonchev–Trinajstić information content (AvgIpc) is 3.27. The van der Waals surface area contributed by atoms with Gasteiger partial charge in [0.25, 0.3) is 0 Å². The Bertz CT molecular complexity index is 1160. The number of carbonyl (C=O) groups excluding carboxylic acids is 1. The second-order valence-corrected chi connectivity index (χ2v) is 8.62. The van der Waals surface area contributed by atoms with Crippen LogP contribution in [0, 0.1) is 20.8 Å². The summed E-state index contributed by atoms with van der Waals surface area (Å²) < 4.78 is 4.18. The molecule has 5 nitrogen and oxygen atoms in total. The van der Waals surface area contributed by atoms with E-state index in [1.165, 1.54) is 22.9 Å².